The molecule has 3 amide bonds. The van der Waals surface area contributed by atoms with E-state index in [2.05, 4.69) is 0 Å². The molecule has 2 aromatic rings. The standard InChI is InChI=1S/C23H22N2O5/c1-15-10-11-16-6-2-5-9-19(16)25(15)20(26)14-30-21(27)12-13-24-22(28)17-7-3-4-8-18(17)23(24)29/h2-9,15H,10-14H2,1H3. The number of amides is 3. The lowest BCUT2D eigenvalue weighted by molar-refractivity contribution is -0.148. The third-order valence-corrected chi connectivity index (χ3v) is 5.57. The van der Waals surface area contributed by atoms with Crippen molar-refractivity contribution < 1.29 is 23.9 Å². The molecule has 2 aliphatic heterocycles. The molecule has 2 heterocycles. The Labute approximate surface area is 174 Å². The van der Waals surface area contributed by atoms with Gasteiger partial charge in [-0.1, -0.05) is 30.3 Å². The molecule has 4 rings (SSSR count). The zero-order valence-corrected chi connectivity index (χ0v) is 16.7. The number of esters is 1. The largest absolute Gasteiger partial charge is 0.455 e. The normalized spacial score (nSPS) is 17.6. The van der Waals surface area contributed by atoms with E-state index in [0.717, 1.165) is 29.0 Å². The molecule has 30 heavy (non-hydrogen) atoms. The summed E-state index contributed by atoms with van der Waals surface area (Å²) in [6, 6.07) is 14.3. The highest BCUT2D eigenvalue weighted by molar-refractivity contribution is 6.21. The smallest absolute Gasteiger partial charge is 0.308 e. The Bertz CT molecular complexity index is 997. The summed E-state index contributed by atoms with van der Waals surface area (Å²) in [7, 11) is 0. The molecule has 0 saturated heterocycles. The lowest BCUT2D eigenvalue weighted by Gasteiger charge is -2.35. The Morgan fingerprint density at radius 2 is 1.63 bits per heavy atom. The molecule has 1 unspecified atom stereocenters. The number of hydrogen-bond donors (Lipinski definition) is 0. The van der Waals surface area contributed by atoms with Crippen LogP contribution in [0.1, 0.15) is 46.0 Å². The summed E-state index contributed by atoms with van der Waals surface area (Å²) in [4.78, 5) is 52.3. The predicted molar refractivity (Wildman–Crippen MR) is 109 cm³/mol. The van der Waals surface area contributed by atoms with Crippen LogP contribution in [0.5, 0.6) is 0 Å². The SMILES string of the molecule is CC1CCc2ccccc2N1C(=O)COC(=O)CCN1C(=O)c2ccccc2C1=O. The summed E-state index contributed by atoms with van der Waals surface area (Å²) in [6.45, 7) is 1.51. The Hall–Kier alpha value is -3.48. The Morgan fingerprint density at radius 1 is 1.00 bits per heavy atom. The molecule has 2 aromatic carbocycles. The maximum atomic E-state index is 12.7. The molecule has 0 aromatic heterocycles. The van der Waals surface area contributed by atoms with Gasteiger partial charge in [0, 0.05) is 18.3 Å². The van der Waals surface area contributed by atoms with Crippen molar-refractivity contribution in [1.82, 2.24) is 4.90 Å². The van der Waals surface area contributed by atoms with Crippen LogP contribution in [-0.2, 0) is 20.7 Å². The quantitative estimate of drug-likeness (QED) is 0.563. The minimum atomic E-state index is -0.627. The van der Waals surface area contributed by atoms with Crippen LogP contribution in [0.25, 0.3) is 0 Å². The first-order valence-electron chi connectivity index (χ1n) is 9.98. The second-order valence-electron chi connectivity index (χ2n) is 7.50. The van der Waals surface area contributed by atoms with Crippen LogP contribution in [-0.4, -0.2) is 47.8 Å². The molecule has 154 valence electrons. The van der Waals surface area contributed by atoms with Gasteiger partial charge in [-0.05, 0) is 43.5 Å². The van der Waals surface area contributed by atoms with E-state index >= 15 is 0 Å². The molecular weight excluding hydrogens is 384 g/mol. The van der Waals surface area contributed by atoms with Crippen LogP contribution < -0.4 is 4.90 Å². The van der Waals surface area contributed by atoms with Gasteiger partial charge in [-0.25, -0.2) is 0 Å². The average Bonchev–Trinajstić information content (AvgIpc) is 3.00. The minimum absolute atomic E-state index is 0.0180. The number of fused-ring (bicyclic) bond motifs is 2. The van der Waals surface area contributed by atoms with Gasteiger partial charge in [0.25, 0.3) is 17.7 Å². The van der Waals surface area contributed by atoms with Gasteiger partial charge in [-0.3, -0.25) is 24.1 Å². The topological polar surface area (TPSA) is 84.0 Å². The van der Waals surface area contributed by atoms with Crippen molar-refractivity contribution in [2.45, 2.75) is 32.2 Å². The van der Waals surface area contributed by atoms with Crippen molar-refractivity contribution in [2.75, 3.05) is 18.1 Å². The highest BCUT2D eigenvalue weighted by Crippen LogP contribution is 2.30. The van der Waals surface area contributed by atoms with E-state index in [9.17, 15) is 19.2 Å². The van der Waals surface area contributed by atoms with E-state index in [1.807, 2.05) is 31.2 Å². The third-order valence-electron chi connectivity index (χ3n) is 5.57. The minimum Gasteiger partial charge on any atom is -0.455 e. The molecule has 0 N–H and O–H groups in total. The number of benzene rings is 2. The summed E-state index contributed by atoms with van der Waals surface area (Å²) in [5.41, 5.74) is 2.62. The summed E-state index contributed by atoms with van der Waals surface area (Å²) in [6.07, 6.45) is 1.59. The molecule has 7 heteroatoms. The highest BCUT2D eigenvalue weighted by atomic mass is 16.5. The van der Waals surface area contributed by atoms with Crippen molar-refractivity contribution in [2.24, 2.45) is 0 Å². The van der Waals surface area contributed by atoms with Gasteiger partial charge < -0.3 is 9.64 Å². The highest BCUT2D eigenvalue weighted by Gasteiger charge is 2.35. The lowest BCUT2D eigenvalue weighted by Crippen LogP contribution is -2.44. The number of para-hydroxylation sites is 1. The second kappa shape index (κ2) is 8.10. The fraction of sp³-hybridized carbons (Fsp3) is 0.304. The van der Waals surface area contributed by atoms with Gasteiger partial charge in [0.05, 0.1) is 17.5 Å². The van der Waals surface area contributed by atoms with E-state index < -0.39 is 17.8 Å². The first kappa shape index (κ1) is 19.8. The van der Waals surface area contributed by atoms with Gasteiger partial charge in [-0.2, -0.15) is 0 Å². The third kappa shape index (κ3) is 3.58. The zero-order valence-electron chi connectivity index (χ0n) is 16.7. The van der Waals surface area contributed by atoms with Crippen molar-refractivity contribution in [3.8, 4) is 0 Å². The second-order valence-corrected chi connectivity index (χ2v) is 7.50. The number of carbonyl (C=O) groups excluding carboxylic acids is 4. The molecular formula is C23H22N2O5. The van der Waals surface area contributed by atoms with E-state index in [1.165, 1.54) is 0 Å². The monoisotopic (exact) mass is 406 g/mol. The number of imide groups is 1. The summed E-state index contributed by atoms with van der Waals surface area (Å²) < 4.78 is 5.15. The number of ether oxygens (including phenoxy) is 1. The van der Waals surface area contributed by atoms with Crippen LogP contribution in [0, 0.1) is 0 Å². The maximum Gasteiger partial charge on any atom is 0.308 e. The fourth-order valence-corrected chi connectivity index (χ4v) is 4.00. The van der Waals surface area contributed by atoms with Gasteiger partial charge in [0.1, 0.15) is 0 Å². The Kier molecular flexibility index (Phi) is 5.35. The van der Waals surface area contributed by atoms with E-state index in [1.54, 1.807) is 29.2 Å². The molecule has 0 aliphatic carbocycles. The molecule has 1 atom stereocenters. The van der Waals surface area contributed by atoms with Crippen LogP contribution >= 0.6 is 0 Å². The molecule has 0 spiro atoms. The van der Waals surface area contributed by atoms with Crippen molar-refractivity contribution in [3.05, 3.63) is 65.2 Å². The molecule has 2 aliphatic rings. The van der Waals surface area contributed by atoms with Crippen molar-refractivity contribution in [3.63, 3.8) is 0 Å². The predicted octanol–water partition coefficient (Wildman–Crippen LogP) is 2.58. The van der Waals surface area contributed by atoms with Crippen LogP contribution in [0.4, 0.5) is 5.69 Å². The number of hydrogen-bond acceptors (Lipinski definition) is 5. The summed E-state index contributed by atoms with van der Waals surface area (Å²) in [5, 5.41) is 0. The van der Waals surface area contributed by atoms with Crippen molar-refractivity contribution >= 4 is 29.4 Å². The number of nitrogens with zero attached hydrogens (tertiary/aromatic N) is 2. The van der Waals surface area contributed by atoms with Gasteiger partial charge in [0.15, 0.2) is 6.61 Å². The fourth-order valence-electron chi connectivity index (χ4n) is 4.00. The number of aryl methyl sites for hydroxylation is 1. The zero-order chi connectivity index (χ0) is 21.3. The summed E-state index contributed by atoms with van der Waals surface area (Å²) >= 11 is 0. The molecule has 0 saturated carbocycles. The van der Waals surface area contributed by atoms with Crippen LogP contribution in [0.15, 0.2) is 48.5 Å². The molecule has 0 fully saturated rings. The van der Waals surface area contributed by atoms with Gasteiger partial charge in [-0.15, -0.1) is 0 Å². The first-order chi connectivity index (χ1) is 14.5. The number of carbonyl (C=O) groups is 4. The summed E-state index contributed by atoms with van der Waals surface area (Å²) in [5.74, 6) is -1.75. The first-order valence-corrected chi connectivity index (χ1v) is 9.98. The van der Waals surface area contributed by atoms with Crippen LogP contribution in [0.3, 0.4) is 0 Å². The molecule has 7 nitrogen and oxygen atoms in total. The molecule has 0 radical (unpaired) electrons. The number of rotatable bonds is 5. The Morgan fingerprint density at radius 3 is 2.33 bits per heavy atom. The van der Waals surface area contributed by atoms with E-state index in [-0.39, 0.29) is 31.5 Å². The van der Waals surface area contributed by atoms with Gasteiger partial charge >= 0.3 is 5.97 Å². The Balaban J connectivity index is 1.32. The maximum absolute atomic E-state index is 12.7. The lowest BCUT2D eigenvalue weighted by atomic mass is 9.96. The number of anilines is 1. The van der Waals surface area contributed by atoms with E-state index in [4.69, 9.17) is 4.74 Å². The molecule has 0 bridgehead atoms. The average molecular weight is 406 g/mol. The van der Waals surface area contributed by atoms with Gasteiger partial charge in [0.2, 0.25) is 0 Å². The van der Waals surface area contributed by atoms with E-state index in [0.29, 0.717) is 11.1 Å². The van der Waals surface area contributed by atoms with Crippen molar-refractivity contribution in [1.29, 1.82) is 0 Å². The van der Waals surface area contributed by atoms with Crippen LogP contribution in [0.2, 0.25) is 0 Å².